The summed E-state index contributed by atoms with van der Waals surface area (Å²) in [5.74, 6) is 10.00. The van der Waals surface area contributed by atoms with Crippen LogP contribution in [0.15, 0.2) is 0 Å². The SMILES string of the molecule is CCSCCC1NCCCNCCNCCCN(CCSCC)C1(CCSCC)CCSCC. The van der Waals surface area contributed by atoms with Crippen molar-refractivity contribution in [3.05, 3.63) is 0 Å². The number of nitrogens with zero attached hydrogens (tertiary/aromatic N) is 1. The van der Waals surface area contributed by atoms with E-state index >= 15 is 0 Å². The fourth-order valence-corrected chi connectivity index (χ4v) is 7.79. The Kier molecular flexibility index (Phi) is 22.9. The number of rotatable bonds is 16. The predicted molar refractivity (Wildman–Crippen MR) is 167 cm³/mol. The Morgan fingerprint density at radius 3 is 1.85 bits per heavy atom. The lowest BCUT2D eigenvalue weighted by atomic mass is 9.80. The van der Waals surface area contributed by atoms with Crippen molar-refractivity contribution < 1.29 is 0 Å². The molecule has 1 aliphatic rings. The third kappa shape index (κ3) is 14.3. The molecule has 0 bridgehead atoms. The molecule has 0 aromatic heterocycles. The van der Waals surface area contributed by atoms with Gasteiger partial charge in [0.25, 0.3) is 0 Å². The quantitative estimate of drug-likeness (QED) is 0.227. The molecule has 1 heterocycles. The second-order valence-corrected chi connectivity index (χ2v) is 14.5. The monoisotopic (exact) mass is 552 g/mol. The number of nitrogens with one attached hydrogen (secondary N) is 3. The first kappa shape index (κ1) is 33.3. The molecule has 4 nitrogen and oxygen atoms in total. The van der Waals surface area contributed by atoms with Crippen LogP contribution in [-0.2, 0) is 0 Å². The Morgan fingerprint density at radius 1 is 0.676 bits per heavy atom. The largest absolute Gasteiger partial charge is 0.315 e. The van der Waals surface area contributed by atoms with Gasteiger partial charge in [0.1, 0.15) is 0 Å². The van der Waals surface area contributed by atoms with E-state index in [0.717, 1.165) is 32.7 Å². The summed E-state index contributed by atoms with van der Waals surface area (Å²) in [6, 6.07) is 0.573. The molecule has 34 heavy (non-hydrogen) atoms. The minimum atomic E-state index is 0.254. The Bertz CT molecular complexity index is 407. The van der Waals surface area contributed by atoms with Crippen LogP contribution in [-0.4, -0.2) is 108 Å². The Morgan fingerprint density at radius 2 is 1.24 bits per heavy atom. The van der Waals surface area contributed by atoms with Crippen LogP contribution in [0.25, 0.3) is 0 Å². The summed E-state index contributed by atoms with van der Waals surface area (Å²) >= 11 is 8.52. The predicted octanol–water partition coefficient (Wildman–Crippen LogP) is 5.14. The normalized spacial score (nSPS) is 21.4. The van der Waals surface area contributed by atoms with Gasteiger partial charge in [0.05, 0.1) is 0 Å². The van der Waals surface area contributed by atoms with Gasteiger partial charge in [-0.2, -0.15) is 47.0 Å². The van der Waals surface area contributed by atoms with Gasteiger partial charge in [-0.1, -0.05) is 27.7 Å². The molecule has 0 aromatic rings. The van der Waals surface area contributed by atoms with Crippen LogP contribution in [0.3, 0.4) is 0 Å². The zero-order valence-corrected chi connectivity index (χ0v) is 26.1. The molecule has 0 spiro atoms. The number of hydrogen-bond acceptors (Lipinski definition) is 8. The molecule has 0 radical (unpaired) electrons. The maximum atomic E-state index is 4.16. The molecule has 1 saturated heterocycles. The molecule has 1 fully saturated rings. The molecule has 0 aliphatic carbocycles. The third-order valence-corrected chi connectivity index (χ3v) is 10.3. The van der Waals surface area contributed by atoms with Crippen molar-refractivity contribution >= 4 is 47.0 Å². The van der Waals surface area contributed by atoms with E-state index in [2.05, 4.69) is 95.6 Å². The maximum Gasteiger partial charge on any atom is 0.0378 e. The van der Waals surface area contributed by atoms with Crippen molar-refractivity contribution in [2.24, 2.45) is 0 Å². The van der Waals surface area contributed by atoms with Crippen LogP contribution >= 0.6 is 47.0 Å². The average Bonchev–Trinajstić information content (AvgIpc) is 2.84. The molecule has 1 unspecified atom stereocenters. The molecule has 0 aromatic carbocycles. The topological polar surface area (TPSA) is 39.3 Å². The van der Waals surface area contributed by atoms with E-state index in [-0.39, 0.29) is 5.54 Å². The van der Waals surface area contributed by atoms with Gasteiger partial charge in [0.15, 0.2) is 0 Å². The van der Waals surface area contributed by atoms with Crippen LogP contribution in [0.4, 0.5) is 0 Å². The molecule has 204 valence electrons. The summed E-state index contributed by atoms with van der Waals surface area (Å²) in [6.07, 6.45) is 6.37. The van der Waals surface area contributed by atoms with E-state index in [4.69, 9.17) is 0 Å². The molecule has 1 atom stereocenters. The van der Waals surface area contributed by atoms with E-state index in [9.17, 15) is 0 Å². The van der Waals surface area contributed by atoms with E-state index in [0.29, 0.717) is 6.04 Å². The summed E-state index contributed by atoms with van der Waals surface area (Å²) in [5.41, 5.74) is 0.254. The Hall–Kier alpha value is 1.24. The molecule has 8 heteroatoms. The maximum absolute atomic E-state index is 4.16. The molecule has 0 amide bonds. The Labute approximate surface area is 230 Å². The summed E-state index contributed by atoms with van der Waals surface area (Å²) < 4.78 is 0. The van der Waals surface area contributed by atoms with E-state index < -0.39 is 0 Å². The molecule has 3 N–H and O–H groups in total. The van der Waals surface area contributed by atoms with Gasteiger partial charge >= 0.3 is 0 Å². The highest BCUT2D eigenvalue weighted by Crippen LogP contribution is 2.34. The van der Waals surface area contributed by atoms with Crippen LogP contribution < -0.4 is 16.0 Å². The molecule has 1 aliphatic heterocycles. The summed E-state index contributed by atoms with van der Waals surface area (Å²) in [6.45, 7) is 17.2. The first-order chi connectivity index (χ1) is 16.7. The molecular weight excluding hydrogens is 497 g/mol. The van der Waals surface area contributed by atoms with E-state index in [1.807, 2.05) is 0 Å². The van der Waals surface area contributed by atoms with Gasteiger partial charge in [0.2, 0.25) is 0 Å². The van der Waals surface area contributed by atoms with Gasteiger partial charge in [-0.05, 0) is 98.6 Å². The first-order valence-electron chi connectivity index (χ1n) is 14.0. The minimum absolute atomic E-state index is 0.254. The smallest absolute Gasteiger partial charge is 0.0378 e. The van der Waals surface area contributed by atoms with Crippen LogP contribution in [0.5, 0.6) is 0 Å². The highest BCUT2D eigenvalue weighted by molar-refractivity contribution is 7.99. The first-order valence-corrected chi connectivity index (χ1v) is 18.6. The molecule has 1 rings (SSSR count). The fourth-order valence-electron chi connectivity index (χ4n) is 4.89. The van der Waals surface area contributed by atoms with E-state index in [1.54, 1.807) is 0 Å². The van der Waals surface area contributed by atoms with Gasteiger partial charge in [-0.25, -0.2) is 0 Å². The second-order valence-electron chi connectivity index (χ2n) is 8.88. The summed E-state index contributed by atoms with van der Waals surface area (Å²) in [4.78, 5) is 2.97. The third-order valence-electron chi connectivity index (χ3n) is 6.69. The second kappa shape index (κ2) is 23.4. The van der Waals surface area contributed by atoms with Gasteiger partial charge in [-0.15, -0.1) is 0 Å². The standard InChI is InChI=1S/C26H56N4S4/c1-5-31-21-11-25-26(12-22-32-6-2,13-23-33-7-3)30(20-24-34-8-4)19-10-15-28-18-17-27-14-9-16-29-25/h25,27-29H,5-24H2,1-4H3. The zero-order valence-electron chi connectivity index (χ0n) is 22.8. The fraction of sp³-hybridized carbons (Fsp3) is 1.00. The van der Waals surface area contributed by atoms with Crippen molar-refractivity contribution in [1.82, 2.24) is 20.9 Å². The zero-order chi connectivity index (χ0) is 24.7. The number of hydrogen-bond donors (Lipinski definition) is 3. The Balaban J connectivity index is 3.27. The highest BCUT2D eigenvalue weighted by Gasteiger charge is 2.42. The lowest BCUT2D eigenvalue weighted by Crippen LogP contribution is -2.63. The summed E-state index contributed by atoms with van der Waals surface area (Å²) in [7, 11) is 0. The lowest BCUT2D eigenvalue weighted by Gasteiger charge is -2.50. The van der Waals surface area contributed by atoms with Gasteiger partial charge < -0.3 is 16.0 Å². The van der Waals surface area contributed by atoms with Crippen molar-refractivity contribution in [2.75, 3.05) is 91.8 Å². The van der Waals surface area contributed by atoms with Gasteiger partial charge in [-0.3, -0.25) is 4.90 Å². The average molecular weight is 553 g/mol. The van der Waals surface area contributed by atoms with Crippen molar-refractivity contribution in [3.63, 3.8) is 0 Å². The van der Waals surface area contributed by atoms with Crippen LogP contribution in [0, 0.1) is 0 Å². The van der Waals surface area contributed by atoms with Crippen molar-refractivity contribution in [3.8, 4) is 0 Å². The van der Waals surface area contributed by atoms with E-state index in [1.165, 1.54) is 91.2 Å². The van der Waals surface area contributed by atoms with Crippen LogP contribution in [0.2, 0.25) is 0 Å². The minimum Gasteiger partial charge on any atom is -0.315 e. The van der Waals surface area contributed by atoms with Crippen molar-refractivity contribution in [1.29, 1.82) is 0 Å². The summed E-state index contributed by atoms with van der Waals surface area (Å²) in [5, 5.41) is 11.5. The molecular formula is C26H56N4S4. The number of thioether (sulfide) groups is 4. The highest BCUT2D eigenvalue weighted by atomic mass is 32.2. The molecule has 0 saturated carbocycles. The van der Waals surface area contributed by atoms with Crippen molar-refractivity contribution in [2.45, 2.75) is 71.4 Å². The van der Waals surface area contributed by atoms with Crippen LogP contribution in [0.1, 0.15) is 59.8 Å². The van der Waals surface area contributed by atoms with Gasteiger partial charge in [0, 0.05) is 37.0 Å². The lowest BCUT2D eigenvalue weighted by molar-refractivity contribution is 0.0453.